The molecule has 0 saturated carbocycles. The quantitative estimate of drug-likeness (QED) is 0.384. The molecule has 0 saturated heterocycles. The second kappa shape index (κ2) is 8.96. The fourth-order valence-electron chi connectivity index (χ4n) is 2.19. The molecule has 1 heterocycles. The molecule has 6 nitrogen and oxygen atoms in total. The minimum atomic E-state index is -0.541. The van der Waals surface area contributed by atoms with Crippen LogP contribution in [0.25, 0.3) is 5.69 Å². The van der Waals surface area contributed by atoms with Crippen LogP contribution in [0.15, 0.2) is 53.7 Å². The van der Waals surface area contributed by atoms with Crippen molar-refractivity contribution in [3.8, 4) is 17.5 Å². The van der Waals surface area contributed by atoms with Crippen molar-refractivity contribution in [3.05, 3.63) is 65.5 Å². The summed E-state index contributed by atoms with van der Waals surface area (Å²) in [6.45, 7) is 1.94. The van der Waals surface area contributed by atoms with Gasteiger partial charge in [-0.15, -0.1) is 5.10 Å². The van der Waals surface area contributed by atoms with Crippen molar-refractivity contribution in [2.75, 3.05) is 12.4 Å². The Hall–Kier alpha value is -3.18. The van der Waals surface area contributed by atoms with Crippen LogP contribution in [-0.4, -0.2) is 38.5 Å². The lowest BCUT2D eigenvalue weighted by Gasteiger charge is -2.05. The summed E-state index contributed by atoms with van der Waals surface area (Å²) in [5.74, 6) is 5.16. The van der Waals surface area contributed by atoms with Crippen molar-refractivity contribution in [2.24, 2.45) is 0 Å². The van der Waals surface area contributed by atoms with Gasteiger partial charge in [0.1, 0.15) is 5.82 Å². The van der Waals surface area contributed by atoms with Gasteiger partial charge in [0, 0.05) is 0 Å². The van der Waals surface area contributed by atoms with Gasteiger partial charge < -0.3 is 4.74 Å². The fourth-order valence-corrected chi connectivity index (χ4v) is 2.85. The molecular weight excluding hydrogens is 367 g/mol. The number of esters is 1. The number of rotatable bonds is 5. The second-order valence-corrected chi connectivity index (χ2v) is 6.33. The maximum atomic E-state index is 12.8. The number of hydrogen-bond acceptors (Lipinski definition) is 6. The maximum absolute atomic E-state index is 12.8. The van der Waals surface area contributed by atoms with E-state index in [0.717, 1.165) is 11.3 Å². The van der Waals surface area contributed by atoms with Gasteiger partial charge in [0.25, 0.3) is 0 Å². The Bertz CT molecular complexity index is 993. The lowest BCUT2D eigenvalue weighted by molar-refractivity contribution is 0.0556. The number of halogens is 1. The van der Waals surface area contributed by atoms with E-state index in [0.29, 0.717) is 10.9 Å². The van der Waals surface area contributed by atoms with Crippen molar-refractivity contribution in [2.45, 2.75) is 12.1 Å². The van der Waals surface area contributed by atoms with E-state index in [-0.39, 0.29) is 12.2 Å². The molecule has 27 heavy (non-hydrogen) atoms. The van der Waals surface area contributed by atoms with Crippen LogP contribution in [0.2, 0.25) is 0 Å². The van der Waals surface area contributed by atoms with Crippen molar-refractivity contribution in [1.82, 2.24) is 20.2 Å². The standard InChI is InChI=1S/C19H15FN4O2S/c1-14-6-2-3-7-17(14)24-19(21-22-23-24)27-13-5-4-12-26-18(25)15-8-10-16(20)11-9-15/h2-3,6-11H,12-13H2,1H3. The number of aromatic nitrogens is 4. The van der Waals surface area contributed by atoms with Crippen LogP contribution < -0.4 is 0 Å². The van der Waals surface area contributed by atoms with Gasteiger partial charge in [-0.3, -0.25) is 0 Å². The van der Waals surface area contributed by atoms with E-state index in [1.807, 2.05) is 31.2 Å². The van der Waals surface area contributed by atoms with Crippen LogP contribution in [-0.2, 0) is 4.74 Å². The molecule has 136 valence electrons. The molecule has 0 fully saturated rings. The Morgan fingerprint density at radius 1 is 1.19 bits per heavy atom. The molecule has 0 aliphatic carbocycles. The number of para-hydroxylation sites is 1. The highest BCUT2D eigenvalue weighted by Gasteiger charge is 2.10. The molecule has 8 heteroatoms. The first kappa shape index (κ1) is 18.6. The Labute approximate surface area is 159 Å². The Morgan fingerprint density at radius 2 is 1.96 bits per heavy atom. The Kier molecular flexibility index (Phi) is 6.18. The molecule has 0 amide bonds. The van der Waals surface area contributed by atoms with Gasteiger partial charge in [-0.2, -0.15) is 4.68 Å². The summed E-state index contributed by atoms with van der Waals surface area (Å²) in [4.78, 5) is 11.8. The highest BCUT2D eigenvalue weighted by atomic mass is 32.2. The number of aryl methyl sites for hydroxylation is 1. The van der Waals surface area contributed by atoms with Crippen molar-refractivity contribution < 1.29 is 13.9 Å². The second-order valence-electron chi connectivity index (χ2n) is 5.39. The Balaban J connectivity index is 1.50. The number of ether oxygens (including phenoxy) is 1. The Morgan fingerprint density at radius 3 is 2.74 bits per heavy atom. The number of carbonyl (C=O) groups is 1. The average molecular weight is 382 g/mol. The van der Waals surface area contributed by atoms with E-state index in [2.05, 4.69) is 27.4 Å². The third-order valence-electron chi connectivity index (χ3n) is 3.54. The van der Waals surface area contributed by atoms with E-state index >= 15 is 0 Å². The van der Waals surface area contributed by atoms with Crippen molar-refractivity contribution in [3.63, 3.8) is 0 Å². The molecule has 0 atom stereocenters. The minimum absolute atomic E-state index is 0.0422. The predicted molar refractivity (Wildman–Crippen MR) is 99.1 cm³/mol. The van der Waals surface area contributed by atoms with Gasteiger partial charge in [0.05, 0.1) is 17.0 Å². The van der Waals surface area contributed by atoms with Crippen molar-refractivity contribution in [1.29, 1.82) is 0 Å². The van der Waals surface area contributed by atoms with E-state index in [1.165, 1.54) is 36.0 Å². The third kappa shape index (κ3) is 4.92. The largest absolute Gasteiger partial charge is 0.449 e. The van der Waals surface area contributed by atoms with E-state index in [4.69, 9.17) is 4.74 Å². The number of tetrazole rings is 1. The van der Waals surface area contributed by atoms with Crippen LogP contribution in [0.4, 0.5) is 4.39 Å². The smallest absolute Gasteiger partial charge is 0.339 e. The van der Waals surface area contributed by atoms with Crippen LogP contribution in [0.3, 0.4) is 0 Å². The normalized spacial score (nSPS) is 10.1. The highest BCUT2D eigenvalue weighted by Crippen LogP contribution is 2.19. The lowest BCUT2D eigenvalue weighted by atomic mass is 10.2. The first-order chi connectivity index (χ1) is 13.1. The number of nitrogens with zero attached hydrogens (tertiary/aromatic N) is 4. The van der Waals surface area contributed by atoms with E-state index in [1.54, 1.807) is 4.68 Å². The molecule has 0 aliphatic rings. The first-order valence-electron chi connectivity index (χ1n) is 8.01. The summed E-state index contributed by atoms with van der Waals surface area (Å²) in [7, 11) is 0. The summed E-state index contributed by atoms with van der Waals surface area (Å²) < 4.78 is 19.5. The molecular formula is C19H15FN4O2S. The van der Waals surface area contributed by atoms with Crippen LogP contribution in [0.1, 0.15) is 15.9 Å². The molecule has 0 aliphatic heterocycles. The monoisotopic (exact) mass is 382 g/mol. The minimum Gasteiger partial charge on any atom is -0.449 e. The summed E-state index contributed by atoms with van der Waals surface area (Å²) in [5.41, 5.74) is 2.25. The van der Waals surface area contributed by atoms with Crippen LogP contribution in [0, 0.1) is 24.6 Å². The van der Waals surface area contributed by atoms with Gasteiger partial charge in [0.2, 0.25) is 5.16 Å². The molecule has 2 aromatic carbocycles. The van der Waals surface area contributed by atoms with Gasteiger partial charge in [-0.1, -0.05) is 41.8 Å². The lowest BCUT2D eigenvalue weighted by Crippen LogP contribution is -2.05. The molecule has 3 rings (SSSR count). The zero-order valence-electron chi connectivity index (χ0n) is 14.4. The SMILES string of the molecule is Cc1ccccc1-n1nnnc1SCC#CCOC(=O)c1ccc(F)cc1. The van der Waals surface area contributed by atoms with Gasteiger partial charge >= 0.3 is 5.97 Å². The molecule has 0 N–H and O–H groups in total. The summed E-state index contributed by atoms with van der Waals surface area (Å²) in [5, 5.41) is 12.4. The van der Waals surface area contributed by atoms with Gasteiger partial charge in [-0.05, 0) is 53.2 Å². The summed E-state index contributed by atoms with van der Waals surface area (Å²) in [6, 6.07) is 13.0. The predicted octanol–water partition coefficient (Wildman–Crippen LogP) is 3.06. The number of carbonyl (C=O) groups excluding carboxylic acids is 1. The van der Waals surface area contributed by atoms with E-state index in [9.17, 15) is 9.18 Å². The fraction of sp³-hybridized carbons (Fsp3) is 0.158. The molecule has 0 unspecified atom stereocenters. The summed E-state index contributed by atoms with van der Waals surface area (Å²) in [6.07, 6.45) is 0. The number of hydrogen-bond donors (Lipinski definition) is 0. The molecule has 1 aromatic heterocycles. The maximum Gasteiger partial charge on any atom is 0.339 e. The van der Waals surface area contributed by atoms with Crippen LogP contribution >= 0.6 is 11.8 Å². The average Bonchev–Trinajstić information content (AvgIpc) is 3.13. The highest BCUT2D eigenvalue weighted by molar-refractivity contribution is 7.99. The van der Waals surface area contributed by atoms with Gasteiger partial charge in [-0.25, -0.2) is 9.18 Å². The van der Waals surface area contributed by atoms with Gasteiger partial charge in [0.15, 0.2) is 6.61 Å². The zero-order valence-corrected chi connectivity index (χ0v) is 15.2. The molecule has 0 spiro atoms. The number of thioether (sulfide) groups is 1. The third-order valence-corrected chi connectivity index (χ3v) is 4.34. The van der Waals surface area contributed by atoms with Crippen LogP contribution in [0.5, 0.6) is 0 Å². The number of benzene rings is 2. The van der Waals surface area contributed by atoms with Crippen molar-refractivity contribution >= 4 is 17.7 Å². The topological polar surface area (TPSA) is 69.9 Å². The molecule has 0 bridgehead atoms. The molecule has 0 radical (unpaired) electrons. The molecule has 3 aromatic rings. The zero-order chi connectivity index (χ0) is 19.1. The summed E-state index contributed by atoms with van der Waals surface area (Å²) >= 11 is 1.39. The van der Waals surface area contributed by atoms with E-state index < -0.39 is 11.8 Å². The first-order valence-corrected chi connectivity index (χ1v) is 8.99.